The zero-order chi connectivity index (χ0) is 35.6. The summed E-state index contributed by atoms with van der Waals surface area (Å²) in [4.78, 5) is 31.6. The molecule has 0 bridgehead atoms. The van der Waals surface area contributed by atoms with Crippen LogP contribution in [-0.2, 0) is 16.1 Å². The van der Waals surface area contributed by atoms with Crippen molar-refractivity contribution < 1.29 is 33.6 Å². The maximum Gasteiger partial charge on any atom is 0.335 e. The van der Waals surface area contributed by atoms with Gasteiger partial charge >= 0.3 is 5.97 Å². The Kier molecular flexibility index (Phi) is 13.6. The molecule has 50 heavy (non-hydrogen) atoms. The number of carbonyl (C=O) groups is 2. The normalized spacial score (nSPS) is 16.0. The number of carboxylic acid groups (broad SMARTS) is 1. The molecule has 266 valence electrons. The first-order valence-corrected chi connectivity index (χ1v) is 18.1. The second-order valence-corrected chi connectivity index (χ2v) is 14.1. The van der Waals surface area contributed by atoms with Crippen LogP contribution in [0.15, 0.2) is 59.5 Å². The fraction of sp³-hybridized carbons (Fsp3) is 0.378. The molecule has 0 unspecified atom stereocenters. The summed E-state index contributed by atoms with van der Waals surface area (Å²) in [5.41, 5.74) is 3.60. The topological polar surface area (TPSA) is 101 Å². The molecule has 1 N–H and O–H groups in total. The Morgan fingerprint density at radius 1 is 1.00 bits per heavy atom. The molecule has 13 heteroatoms. The van der Waals surface area contributed by atoms with Crippen molar-refractivity contribution in [1.82, 2.24) is 14.7 Å². The van der Waals surface area contributed by atoms with Gasteiger partial charge in [-0.2, -0.15) is 0 Å². The van der Waals surface area contributed by atoms with Crippen molar-refractivity contribution in [2.75, 3.05) is 73.3 Å². The van der Waals surface area contributed by atoms with Crippen molar-refractivity contribution in [1.29, 1.82) is 0 Å². The number of rotatable bonds is 16. The second-order valence-electron chi connectivity index (χ2n) is 12.0. The number of thioether (sulfide) groups is 1. The van der Waals surface area contributed by atoms with Gasteiger partial charge in [-0.05, 0) is 87.1 Å². The fourth-order valence-electron chi connectivity index (χ4n) is 5.48. The molecular formula is C37H42ClN3O7S2. The monoisotopic (exact) mass is 739 g/mol. The summed E-state index contributed by atoms with van der Waals surface area (Å²) in [5.74, 6) is 0.755. The minimum Gasteiger partial charge on any atom is -0.493 e. The highest BCUT2D eigenvalue weighted by molar-refractivity contribution is 8.26. The van der Waals surface area contributed by atoms with Crippen LogP contribution in [0.3, 0.4) is 0 Å². The number of thiocarbonyl (C=S) groups is 1. The zero-order valence-electron chi connectivity index (χ0n) is 28.5. The molecule has 0 radical (unpaired) electrons. The SMILES string of the molecule is CCOc1ccc(-c2ccc(OCCN(C)C)c(/C=C3\SC(=S)N(CCCOc4ccc(C(=O)O)cc4CN4CCOCC4)C3=O)c2)cc1Cl. The number of amides is 1. The van der Waals surface area contributed by atoms with E-state index in [0.717, 1.165) is 41.9 Å². The fourth-order valence-corrected chi connectivity index (χ4v) is 7.01. The van der Waals surface area contributed by atoms with E-state index in [-0.39, 0.29) is 11.5 Å². The molecule has 1 amide bonds. The van der Waals surface area contributed by atoms with Gasteiger partial charge in [0.15, 0.2) is 0 Å². The van der Waals surface area contributed by atoms with Gasteiger partial charge in [-0.15, -0.1) is 0 Å². The van der Waals surface area contributed by atoms with E-state index in [1.165, 1.54) is 11.8 Å². The van der Waals surface area contributed by atoms with Gasteiger partial charge in [0.2, 0.25) is 0 Å². The predicted octanol–water partition coefficient (Wildman–Crippen LogP) is 6.55. The summed E-state index contributed by atoms with van der Waals surface area (Å²) in [7, 11) is 3.97. The quantitative estimate of drug-likeness (QED) is 0.0984. The third kappa shape index (κ3) is 9.99. The number of nitrogens with zero attached hydrogens (tertiary/aromatic N) is 3. The molecule has 10 nitrogen and oxygen atoms in total. The van der Waals surface area contributed by atoms with Crippen LogP contribution in [0.2, 0.25) is 5.02 Å². The second kappa shape index (κ2) is 18.0. The Balaban J connectivity index is 1.28. The number of hydrogen-bond donors (Lipinski definition) is 1. The Bertz CT molecular complexity index is 1730. The molecule has 2 heterocycles. The van der Waals surface area contributed by atoms with Crippen LogP contribution in [0.4, 0.5) is 0 Å². The number of hydrogen-bond acceptors (Lipinski definition) is 10. The van der Waals surface area contributed by atoms with Crippen molar-refractivity contribution >= 4 is 57.9 Å². The van der Waals surface area contributed by atoms with Crippen molar-refractivity contribution in [3.8, 4) is 28.4 Å². The highest BCUT2D eigenvalue weighted by Gasteiger charge is 2.32. The largest absolute Gasteiger partial charge is 0.493 e. The number of carboxylic acids is 1. The number of likely N-dealkylation sites (N-methyl/N-ethyl adjacent to an activating group) is 1. The lowest BCUT2D eigenvalue weighted by molar-refractivity contribution is -0.122. The lowest BCUT2D eigenvalue weighted by Crippen LogP contribution is -2.35. The Labute approximate surface area is 307 Å². The highest BCUT2D eigenvalue weighted by Crippen LogP contribution is 2.37. The number of halogens is 1. The van der Waals surface area contributed by atoms with Crippen LogP contribution in [0.1, 0.15) is 34.8 Å². The molecule has 5 rings (SSSR count). The smallest absolute Gasteiger partial charge is 0.335 e. The van der Waals surface area contributed by atoms with Gasteiger partial charge < -0.3 is 29.0 Å². The van der Waals surface area contributed by atoms with E-state index in [1.807, 2.05) is 68.4 Å². The van der Waals surface area contributed by atoms with Crippen molar-refractivity contribution in [2.24, 2.45) is 0 Å². The lowest BCUT2D eigenvalue weighted by atomic mass is 10.0. The summed E-state index contributed by atoms with van der Waals surface area (Å²) in [6.07, 6.45) is 2.37. The van der Waals surface area contributed by atoms with E-state index in [1.54, 1.807) is 23.1 Å². The summed E-state index contributed by atoms with van der Waals surface area (Å²) in [6, 6.07) is 16.5. The van der Waals surface area contributed by atoms with E-state index in [9.17, 15) is 14.7 Å². The average molecular weight is 740 g/mol. The minimum atomic E-state index is -0.985. The van der Waals surface area contributed by atoms with Gasteiger partial charge in [-0.25, -0.2) is 4.79 Å². The molecular weight excluding hydrogens is 698 g/mol. The first-order valence-electron chi connectivity index (χ1n) is 16.5. The molecule has 0 aliphatic carbocycles. The lowest BCUT2D eigenvalue weighted by Gasteiger charge is -2.27. The predicted molar refractivity (Wildman–Crippen MR) is 202 cm³/mol. The average Bonchev–Trinajstić information content (AvgIpc) is 3.36. The van der Waals surface area contributed by atoms with Crippen LogP contribution in [0.25, 0.3) is 17.2 Å². The van der Waals surface area contributed by atoms with Crippen molar-refractivity contribution in [3.63, 3.8) is 0 Å². The summed E-state index contributed by atoms with van der Waals surface area (Å²) < 4.78 is 23.8. The Hall–Kier alpha value is -3.65. The van der Waals surface area contributed by atoms with Gasteiger partial charge in [0.1, 0.15) is 28.2 Å². The molecule has 0 spiro atoms. The van der Waals surface area contributed by atoms with Crippen LogP contribution in [-0.4, -0.2) is 109 Å². The number of benzene rings is 3. The van der Waals surface area contributed by atoms with Crippen LogP contribution < -0.4 is 14.2 Å². The third-order valence-corrected chi connectivity index (χ3v) is 9.79. The van der Waals surface area contributed by atoms with Gasteiger partial charge in [-0.1, -0.05) is 47.7 Å². The molecule has 2 fully saturated rings. The first-order chi connectivity index (χ1) is 24.1. The maximum atomic E-state index is 13.6. The van der Waals surface area contributed by atoms with Crippen LogP contribution >= 0.6 is 35.6 Å². The molecule has 3 aromatic carbocycles. The van der Waals surface area contributed by atoms with Gasteiger partial charge in [0.05, 0.1) is 41.9 Å². The van der Waals surface area contributed by atoms with Crippen molar-refractivity contribution in [3.05, 3.63) is 81.2 Å². The first kappa shape index (κ1) is 37.6. The van der Waals surface area contributed by atoms with Crippen molar-refractivity contribution in [2.45, 2.75) is 19.9 Å². The van der Waals surface area contributed by atoms with E-state index < -0.39 is 5.97 Å². The van der Waals surface area contributed by atoms with Crippen LogP contribution in [0.5, 0.6) is 17.2 Å². The van der Waals surface area contributed by atoms with E-state index >= 15 is 0 Å². The highest BCUT2D eigenvalue weighted by atomic mass is 35.5. The van der Waals surface area contributed by atoms with Gasteiger partial charge in [0.25, 0.3) is 5.91 Å². The molecule has 2 saturated heterocycles. The Morgan fingerprint density at radius 3 is 2.40 bits per heavy atom. The third-order valence-electron chi connectivity index (χ3n) is 8.12. The minimum absolute atomic E-state index is 0.174. The molecule has 0 atom stereocenters. The molecule has 2 aliphatic heterocycles. The van der Waals surface area contributed by atoms with Gasteiger partial charge in [-0.3, -0.25) is 14.6 Å². The zero-order valence-corrected chi connectivity index (χ0v) is 30.9. The molecule has 3 aromatic rings. The van der Waals surface area contributed by atoms with E-state index in [4.69, 9.17) is 42.8 Å². The van der Waals surface area contributed by atoms with Gasteiger partial charge in [0, 0.05) is 43.9 Å². The summed E-state index contributed by atoms with van der Waals surface area (Å²) in [6.45, 7) is 7.73. The Morgan fingerprint density at radius 2 is 1.70 bits per heavy atom. The number of ether oxygens (including phenoxy) is 4. The summed E-state index contributed by atoms with van der Waals surface area (Å²) in [5, 5.41) is 10.1. The van der Waals surface area contributed by atoms with E-state index in [0.29, 0.717) is 84.0 Å². The van der Waals surface area contributed by atoms with Crippen LogP contribution in [0, 0.1) is 0 Å². The molecule has 2 aliphatic rings. The molecule has 0 aromatic heterocycles. The number of carbonyl (C=O) groups excluding carboxylic acids is 1. The van der Waals surface area contributed by atoms with E-state index in [2.05, 4.69) is 4.90 Å². The number of morpholine rings is 1. The molecule has 0 saturated carbocycles. The summed E-state index contributed by atoms with van der Waals surface area (Å²) >= 11 is 13.4. The maximum absolute atomic E-state index is 13.6. The standard InChI is InChI=1S/C37H42ClN3O7S2/c1-4-46-33-11-7-26(22-30(33)38)25-6-9-31(48-19-13-39(2)3)28(20-25)23-34-35(42)41(37(49)50-34)12-5-16-47-32-10-8-27(36(43)44)21-29(32)24-40-14-17-45-18-15-40/h6-11,20-23H,4-5,12-19,24H2,1-3H3,(H,43,44)/b34-23-. The number of aromatic carboxylic acids is 1.